The third kappa shape index (κ3) is 2.87. The third-order valence-corrected chi connectivity index (χ3v) is 1.62. The van der Waals surface area contributed by atoms with Gasteiger partial charge in [-0.1, -0.05) is 12.1 Å². The summed E-state index contributed by atoms with van der Waals surface area (Å²) in [6.45, 7) is 3.03. The minimum Gasteiger partial charge on any atom is -0.427 e. The molecule has 0 aliphatic carbocycles. The van der Waals surface area contributed by atoms with Gasteiger partial charge in [0.2, 0.25) is 0 Å². The first-order chi connectivity index (χ1) is 6.09. The molecule has 1 rings (SSSR count). The van der Waals surface area contributed by atoms with Crippen molar-refractivity contribution < 1.29 is 14.6 Å². The van der Waals surface area contributed by atoms with Crippen LogP contribution in [0.15, 0.2) is 24.3 Å². The summed E-state index contributed by atoms with van der Waals surface area (Å²) >= 11 is 0. The van der Waals surface area contributed by atoms with Crippen molar-refractivity contribution in [3.8, 4) is 5.75 Å². The molecule has 0 bridgehead atoms. The first kappa shape index (κ1) is 9.74. The minimum atomic E-state index is -0.494. The number of carbonyl (C=O) groups is 1. The van der Waals surface area contributed by atoms with Crippen molar-refractivity contribution in [1.29, 1.82) is 0 Å². The third-order valence-electron chi connectivity index (χ3n) is 1.62. The van der Waals surface area contributed by atoms with Crippen LogP contribution < -0.4 is 4.74 Å². The van der Waals surface area contributed by atoms with Crippen LogP contribution in [-0.4, -0.2) is 11.1 Å². The summed E-state index contributed by atoms with van der Waals surface area (Å²) in [4.78, 5) is 10.6. The molecule has 3 heteroatoms. The molecule has 0 aromatic heterocycles. The molecule has 1 atom stereocenters. The SMILES string of the molecule is CC(=O)Oc1ccc(C(C)O)cc1. The molecule has 1 aromatic rings. The monoisotopic (exact) mass is 180 g/mol. The molecule has 0 radical (unpaired) electrons. The number of rotatable bonds is 2. The van der Waals surface area contributed by atoms with Crippen LogP contribution in [0, 0.1) is 0 Å². The van der Waals surface area contributed by atoms with E-state index in [1.807, 2.05) is 0 Å². The quantitative estimate of drug-likeness (QED) is 0.556. The van der Waals surface area contributed by atoms with E-state index >= 15 is 0 Å². The van der Waals surface area contributed by atoms with Gasteiger partial charge in [0, 0.05) is 6.92 Å². The Kier molecular flexibility index (Phi) is 3.03. The molecule has 70 valence electrons. The Morgan fingerprint density at radius 1 is 1.38 bits per heavy atom. The van der Waals surface area contributed by atoms with Gasteiger partial charge in [0.1, 0.15) is 5.75 Å². The average Bonchev–Trinajstić information content (AvgIpc) is 2.04. The Hall–Kier alpha value is -1.35. The van der Waals surface area contributed by atoms with Gasteiger partial charge in [0.05, 0.1) is 6.10 Å². The summed E-state index contributed by atoms with van der Waals surface area (Å²) in [6.07, 6.45) is -0.494. The van der Waals surface area contributed by atoms with Gasteiger partial charge in [0.15, 0.2) is 0 Å². The summed E-state index contributed by atoms with van der Waals surface area (Å²) < 4.78 is 4.83. The van der Waals surface area contributed by atoms with Crippen molar-refractivity contribution in [2.45, 2.75) is 20.0 Å². The second-order valence-corrected chi connectivity index (χ2v) is 2.84. The largest absolute Gasteiger partial charge is 0.427 e. The zero-order valence-corrected chi connectivity index (χ0v) is 7.65. The first-order valence-electron chi connectivity index (χ1n) is 4.06. The lowest BCUT2D eigenvalue weighted by Gasteiger charge is -2.05. The second kappa shape index (κ2) is 4.05. The molecule has 13 heavy (non-hydrogen) atoms. The van der Waals surface area contributed by atoms with E-state index in [1.54, 1.807) is 31.2 Å². The number of esters is 1. The zero-order valence-electron chi connectivity index (χ0n) is 7.65. The average molecular weight is 180 g/mol. The molecule has 0 aliphatic heterocycles. The normalized spacial score (nSPS) is 12.2. The predicted octanol–water partition coefficient (Wildman–Crippen LogP) is 1.67. The highest BCUT2D eigenvalue weighted by molar-refractivity contribution is 5.69. The van der Waals surface area contributed by atoms with Crippen molar-refractivity contribution in [1.82, 2.24) is 0 Å². The highest BCUT2D eigenvalue weighted by Gasteiger charge is 2.01. The first-order valence-corrected chi connectivity index (χ1v) is 4.06. The van der Waals surface area contributed by atoms with E-state index in [1.165, 1.54) is 6.92 Å². The number of ether oxygens (including phenoxy) is 1. The van der Waals surface area contributed by atoms with Gasteiger partial charge in [-0.3, -0.25) is 4.79 Å². The molecule has 0 saturated carbocycles. The Bertz CT molecular complexity index is 288. The van der Waals surface area contributed by atoms with Crippen molar-refractivity contribution in [2.24, 2.45) is 0 Å². The highest BCUT2D eigenvalue weighted by Crippen LogP contribution is 2.17. The number of carbonyl (C=O) groups excluding carboxylic acids is 1. The van der Waals surface area contributed by atoms with E-state index in [0.29, 0.717) is 5.75 Å². The van der Waals surface area contributed by atoms with Gasteiger partial charge in [0.25, 0.3) is 0 Å². The predicted molar refractivity (Wildman–Crippen MR) is 48.4 cm³/mol. The maximum atomic E-state index is 10.6. The van der Waals surface area contributed by atoms with Crippen LogP contribution in [0.3, 0.4) is 0 Å². The van der Waals surface area contributed by atoms with E-state index in [-0.39, 0.29) is 5.97 Å². The molecule has 3 nitrogen and oxygen atoms in total. The Morgan fingerprint density at radius 3 is 2.31 bits per heavy atom. The van der Waals surface area contributed by atoms with E-state index in [0.717, 1.165) is 5.56 Å². The smallest absolute Gasteiger partial charge is 0.308 e. The number of aliphatic hydroxyl groups is 1. The lowest BCUT2D eigenvalue weighted by Crippen LogP contribution is -2.01. The lowest BCUT2D eigenvalue weighted by atomic mass is 10.1. The van der Waals surface area contributed by atoms with Gasteiger partial charge in [-0.2, -0.15) is 0 Å². The van der Waals surface area contributed by atoms with Crippen LogP contribution in [0.4, 0.5) is 0 Å². The minimum absolute atomic E-state index is 0.343. The van der Waals surface area contributed by atoms with E-state index < -0.39 is 6.10 Å². The Morgan fingerprint density at radius 2 is 1.92 bits per heavy atom. The molecule has 0 spiro atoms. The number of benzene rings is 1. The van der Waals surface area contributed by atoms with Gasteiger partial charge in [-0.25, -0.2) is 0 Å². The molecule has 1 N–H and O–H groups in total. The Labute approximate surface area is 77.0 Å². The van der Waals surface area contributed by atoms with Gasteiger partial charge >= 0.3 is 5.97 Å². The molecule has 1 unspecified atom stereocenters. The summed E-state index contributed by atoms with van der Waals surface area (Å²) in [5, 5.41) is 9.19. The van der Waals surface area contributed by atoms with Crippen LogP contribution in [0.2, 0.25) is 0 Å². The van der Waals surface area contributed by atoms with Gasteiger partial charge in [-0.05, 0) is 24.6 Å². The van der Waals surface area contributed by atoms with E-state index in [4.69, 9.17) is 4.74 Å². The standard InChI is InChI=1S/C10H12O3/c1-7(11)9-3-5-10(6-4-9)13-8(2)12/h3-7,11H,1-2H3. The van der Waals surface area contributed by atoms with Crippen LogP contribution >= 0.6 is 0 Å². The van der Waals surface area contributed by atoms with Crippen LogP contribution in [0.5, 0.6) is 5.75 Å². The van der Waals surface area contributed by atoms with Crippen LogP contribution in [0.1, 0.15) is 25.5 Å². The molecule has 0 heterocycles. The van der Waals surface area contributed by atoms with E-state index in [2.05, 4.69) is 0 Å². The number of hydrogen-bond donors (Lipinski definition) is 1. The maximum Gasteiger partial charge on any atom is 0.308 e. The summed E-state index contributed by atoms with van der Waals surface area (Å²) in [5.41, 5.74) is 0.802. The maximum absolute atomic E-state index is 10.6. The Balaban J connectivity index is 2.75. The molecular weight excluding hydrogens is 168 g/mol. The van der Waals surface area contributed by atoms with Crippen molar-refractivity contribution in [3.05, 3.63) is 29.8 Å². The van der Waals surface area contributed by atoms with Crippen LogP contribution in [-0.2, 0) is 4.79 Å². The topological polar surface area (TPSA) is 46.5 Å². The van der Waals surface area contributed by atoms with Crippen molar-refractivity contribution >= 4 is 5.97 Å². The summed E-state index contributed by atoms with van der Waals surface area (Å²) in [6, 6.07) is 6.76. The van der Waals surface area contributed by atoms with Crippen LogP contribution in [0.25, 0.3) is 0 Å². The molecule has 1 aromatic carbocycles. The lowest BCUT2D eigenvalue weighted by molar-refractivity contribution is -0.131. The summed E-state index contributed by atoms with van der Waals surface area (Å²) in [5.74, 6) is 0.154. The summed E-state index contributed by atoms with van der Waals surface area (Å²) in [7, 11) is 0. The van der Waals surface area contributed by atoms with Gasteiger partial charge < -0.3 is 9.84 Å². The van der Waals surface area contributed by atoms with Crippen molar-refractivity contribution in [3.63, 3.8) is 0 Å². The number of hydrogen-bond acceptors (Lipinski definition) is 3. The molecule has 0 saturated heterocycles. The second-order valence-electron chi connectivity index (χ2n) is 2.84. The number of aliphatic hydroxyl groups excluding tert-OH is 1. The fourth-order valence-corrected chi connectivity index (χ4v) is 0.980. The molecule has 0 amide bonds. The molecule has 0 aliphatic rings. The van der Waals surface area contributed by atoms with E-state index in [9.17, 15) is 9.90 Å². The highest BCUT2D eigenvalue weighted by atomic mass is 16.5. The molecule has 0 fully saturated rings. The zero-order chi connectivity index (χ0) is 9.84. The molecular formula is C10H12O3. The fraction of sp³-hybridized carbons (Fsp3) is 0.300. The van der Waals surface area contributed by atoms with Crippen molar-refractivity contribution in [2.75, 3.05) is 0 Å². The fourth-order valence-electron chi connectivity index (χ4n) is 0.980. The van der Waals surface area contributed by atoms with Gasteiger partial charge in [-0.15, -0.1) is 0 Å².